The molecule has 0 spiro atoms. The summed E-state index contributed by atoms with van der Waals surface area (Å²) in [5.41, 5.74) is -1.58. The fourth-order valence-electron chi connectivity index (χ4n) is 1.29. The van der Waals surface area contributed by atoms with Crippen LogP contribution in [0.1, 0.15) is 21.7 Å². The summed E-state index contributed by atoms with van der Waals surface area (Å²) < 4.78 is 47.8. The summed E-state index contributed by atoms with van der Waals surface area (Å²) in [5, 5.41) is -0.924. The summed E-state index contributed by atoms with van der Waals surface area (Å²) >= 11 is 5.18. The molecule has 19 heavy (non-hydrogen) atoms. The topological polar surface area (TPSA) is 48.4 Å². The van der Waals surface area contributed by atoms with Crippen LogP contribution in [0, 0.1) is 0 Å². The maximum Gasteiger partial charge on any atom is 0.418 e. The summed E-state index contributed by atoms with van der Waals surface area (Å²) in [6.07, 6.45) is -4.57. The summed E-state index contributed by atoms with van der Waals surface area (Å²) in [6, 6.07) is 1.69. The molecule has 0 aliphatic heterocycles. The van der Waals surface area contributed by atoms with Crippen LogP contribution in [-0.4, -0.2) is 30.5 Å². The third-order valence-electron chi connectivity index (χ3n) is 2.15. The molecule has 4 nitrogen and oxygen atoms in total. The van der Waals surface area contributed by atoms with Gasteiger partial charge in [0.25, 0.3) is 5.24 Å². The Kier molecular flexibility index (Phi) is 5.71. The third-order valence-corrected chi connectivity index (χ3v) is 2.35. The largest absolute Gasteiger partial charge is 0.418 e. The fraction of sp³-hybridized carbons (Fsp3) is 0.455. The molecule has 1 rings (SSSR count). The van der Waals surface area contributed by atoms with Crippen molar-refractivity contribution in [3.8, 4) is 0 Å². The van der Waals surface area contributed by atoms with Gasteiger partial charge in [0.1, 0.15) is 5.69 Å². The van der Waals surface area contributed by atoms with E-state index < -0.39 is 17.0 Å². The predicted octanol–water partition coefficient (Wildman–Crippen LogP) is 2.64. The monoisotopic (exact) mass is 297 g/mol. The average Bonchev–Trinajstić information content (AvgIpc) is 2.33. The molecule has 0 unspecified atom stereocenters. The smallest absolute Gasteiger partial charge is 0.382 e. The summed E-state index contributed by atoms with van der Waals surface area (Å²) in [6.45, 7) is -0.0137. The molecule has 0 aromatic carbocycles. The van der Waals surface area contributed by atoms with Crippen molar-refractivity contribution in [3.63, 3.8) is 0 Å². The highest BCUT2D eigenvalue weighted by atomic mass is 35.5. The summed E-state index contributed by atoms with van der Waals surface area (Å²) in [7, 11) is 1.44. The molecule has 8 heteroatoms. The molecule has 0 atom stereocenters. The first kappa shape index (κ1) is 15.9. The van der Waals surface area contributed by atoms with Gasteiger partial charge in [-0.25, -0.2) is 4.98 Å². The Morgan fingerprint density at radius 3 is 2.58 bits per heavy atom. The zero-order valence-electron chi connectivity index (χ0n) is 9.96. The number of alkyl halides is 3. The van der Waals surface area contributed by atoms with Gasteiger partial charge in [0.05, 0.1) is 31.1 Å². The van der Waals surface area contributed by atoms with Crippen LogP contribution in [0.25, 0.3) is 0 Å². The van der Waals surface area contributed by atoms with Crippen LogP contribution in [0.15, 0.2) is 12.1 Å². The van der Waals surface area contributed by atoms with Crippen LogP contribution in [0.3, 0.4) is 0 Å². The Bertz CT molecular complexity index is 451. The Labute approximate surface area is 112 Å². The minimum absolute atomic E-state index is 0.120. The number of carbonyl (C=O) groups excluding carboxylic acids is 1. The number of nitrogens with zero attached hydrogens (tertiary/aromatic N) is 1. The van der Waals surface area contributed by atoms with Gasteiger partial charge in [-0.1, -0.05) is 0 Å². The number of halogens is 4. The minimum atomic E-state index is -4.57. The van der Waals surface area contributed by atoms with Gasteiger partial charge in [0.15, 0.2) is 0 Å². The van der Waals surface area contributed by atoms with Crippen LogP contribution in [0.5, 0.6) is 0 Å². The van der Waals surface area contributed by atoms with Crippen molar-refractivity contribution in [3.05, 3.63) is 29.1 Å². The van der Waals surface area contributed by atoms with E-state index in [1.165, 1.54) is 7.11 Å². The zero-order chi connectivity index (χ0) is 14.5. The quantitative estimate of drug-likeness (QED) is 0.598. The number of methoxy groups -OCH3 is 1. The summed E-state index contributed by atoms with van der Waals surface area (Å²) in [5.74, 6) is 0. The first-order valence-electron chi connectivity index (χ1n) is 5.20. The number of rotatable bonds is 6. The molecular formula is C11H11ClF3NO3. The molecule has 1 heterocycles. The van der Waals surface area contributed by atoms with Crippen LogP contribution >= 0.6 is 11.6 Å². The first-order valence-corrected chi connectivity index (χ1v) is 5.57. The van der Waals surface area contributed by atoms with E-state index in [4.69, 9.17) is 21.1 Å². The molecule has 0 fully saturated rings. The predicted molar refractivity (Wildman–Crippen MR) is 61.0 cm³/mol. The molecule has 106 valence electrons. The SMILES string of the molecule is COCCOCc1nc(C(=O)Cl)ccc1C(F)(F)F. The standard InChI is InChI=1S/C11H11ClF3NO3/c1-18-4-5-19-6-9-7(11(13,14)15)2-3-8(16-9)10(12)17/h2-3H,4-6H2,1H3. The lowest BCUT2D eigenvalue weighted by Crippen LogP contribution is -2.14. The lowest BCUT2D eigenvalue weighted by Gasteiger charge is -2.12. The fourth-order valence-corrected chi connectivity index (χ4v) is 1.40. The van der Waals surface area contributed by atoms with Gasteiger partial charge in [0, 0.05) is 7.11 Å². The molecule has 0 saturated heterocycles. The Morgan fingerprint density at radius 2 is 2.05 bits per heavy atom. The lowest BCUT2D eigenvalue weighted by atomic mass is 10.1. The number of pyridine rings is 1. The van der Waals surface area contributed by atoms with Crippen molar-refractivity contribution in [1.29, 1.82) is 0 Å². The van der Waals surface area contributed by atoms with Gasteiger partial charge in [-0.2, -0.15) is 13.2 Å². The van der Waals surface area contributed by atoms with Crippen LogP contribution in [0.4, 0.5) is 13.2 Å². The van der Waals surface area contributed by atoms with E-state index in [0.29, 0.717) is 0 Å². The summed E-state index contributed by atoms with van der Waals surface area (Å²) in [4.78, 5) is 14.5. The van der Waals surface area contributed by atoms with E-state index in [0.717, 1.165) is 12.1 Å². The number of ether oxygens (including phenoxy) is 2. The number of aromatic nitrogens is 1. The highest BCUT2D eigenvalue weighted by molar-refractivity contribution is 6.67. The van der Waals surface area contributed by atoms with Gasteiger partial charge in [0.2, 0.25) is 0 Å². The molecule has 0 N–H and O–H groups in total. The molecule has 0 bridgehead atoms. The van der Waals surface area contributed by atoms with Gasteiger partial charge < -0.3 is 9.47 Å². The average molecular weight is 298 g/mol. The van der Waals surface area contributed by atoms with E-state index in [9.17, 15) is 18.0 Å². The van der Waals surface area contributed by atoms with Gasteiger partial charge in [-0.15, -0.1) is 0 Å². The Morgan fingerprint density at radius 1 is 1.37 bits per heavy atom. The second kappa shape index (κ2) is 6.83. The van der Waals surface area contributed by atoms with E-state index in [1.54, 1.807) is 0 Å². The van der Waals surface area contributed by atoms with Crippen molar-refractivity contribution in [2.24, 2.45) is 0 Å². The van der Waals surface area contributed by atoms with E-state index >= 15 is 0 Å². The van der Waals surface area contributed by atoms with Crippen LogP contribution in [0.2, 0.25) is 0 Å². The van der Waals surface area contributed by atoms with Gasteiger partial charge in [-0.3, -0.25) is 4.79 Å². The Balaban J connectivity index is 2.95. The highest BCUT2D eigenvalue weighted by Crippen LogP contribution is 2.31. The van der Waals surface area contributed by atoms with Crippen LogP contribution < -0.4 is 0 Å². The number of carbonyl (C=O) groups is 1. The Hall–Kier alpha value is -1.18. The second-order valence-corrected chi connectivity index (χ2v) is 3.85. The maximum atomic E-state index is 12.7. The van der Waals surface area contributed by atoms with E-state index in [2.05, 4.69) is 4.98 Å². The molecule has 0 amide bonds. The van der Waals surface area contributed by atoms with E-state index in [-0.39, 0.29) is 31.2 Å². The number of hydrogen-bond donors (Lipinski definition) is 0. The van der Waals surface area contributed by atoms with E-state index in [1.807, 2.05) is 0 Å². The zero-order valence-corrected chi connectivity index (χ0v) is 10.7. The molecule has 0 aliphatic rings. The second-order valence-electron chi connectivity index (χ2n) is 3.51. The first-order chi connectivity index (χ1) is 8.86. The molecule has 0 saturated carbocycles. The van der Waals surface area contributed by atoms with Crippen molar-refractivity contribution < 1.29 is 27.4 Å². The lowest BCUT2D eigenvalue weighted by molar-refractivity contribution is -0.139. The minimum Gasteiger partial charge on any atom is -0.382 e. The maximum absolute atomic E-state index is 12.7. The van der Waals surface area contributed by atoms with Gasteiger partial charge in [-0.05, 0) is 23.7 Å². The third kappa shape index (κ3) is 4.77. The molecule has 0 radical (unpaired) electrons. The number of hydrogen-bond acceptors (Lipinski definition) is 4. The normalized spacial score (nSPS) is 11.6. The van der Waals surface area contributed by atoms with Crippen molar-refractivity contribution in [2.45, 2.75) is 12.8 Å². The molecule has 1 aromatic heterocycles. The van der Waals surface area contributed by atoms with Crippen molar-refractivity contribution >= 4 is 16.8 Å². The molecular weight excluding hydrogens is 287 g/mol. The van der Waals surface area contributed by atoms with Crippen molar-refractivity contribution in [2.75, 3.05) is 20.3 Å². The van der Waals surface area contributed by atoms with Gasteiger partial charge >= 0.3 is 6.18 Å². The van der Waals surface area contributed by atoms with Crippen LogP contribution in [-0.2, 0) is 22.3 Å². The molecule has 1 aromatic rings. The molecule has 0 aliphatic carbocycles. The highest BCUT2D eigenvalue weighted by Gasteiger charge is 2.34. The van der Waals surface area contributed by atoms with Crippen molar-refractivity contribution in [1.82, 2.24) is 4.98 Å².